The van der Waals surface area contributed by atoms with Gasteiger partial charge in [-0.25, -0.2) is 0 Å². The molecule has 0 bridgehead atoms. The van der Waals surface area contributed by atoms with Gasteiger partial charge in [0.05, 0.1) is 0 Å². The molecule has 1 saturated heterocycles. The molecule has 14 heavy (non-hydrogen) atoms. The first-order valence-electron chi connectivity index (χ1n) is 5.66. The van der Waals surface area contributed by atoms with Crippen LogP contribution in [0.15, 0.2) is 0 Å². The highest BCUT2D eigenvalue weighted by atomic mass is 16.2. The second kappa shape index (κ2) is 5.35. The normalized spacial score (nSPS) is 26.9. The number of amides is 1. The van der Waals surface area contributed by atoms with Crippen LogP contribution in [0.4, 0.5) is 0 Å². The molecule has 82 valence electrons. The van der Waals surface area contributed by atoms with Crippen molar-refractivity contribution in [3.05, 3.63) is 0 Å². The molecule has 0 spiro atoms. The SMILES string of the molecule is CCC1CCC(C)N1C(=O)CCNC. The van der Waals surface area contributed by atoms with Crippen LogP contribution >= 0.6 is 0 Å². The summed E-state index contributed by atoms with van der Waals surface area (Å²) in [7, 11) is 1.89. The third kappa shape index (κ3) is 2.47. The second-order valence-electron chi connectivity index (χ2n) is 4.14. The monoisotopic (exact) mass is 198 g/mol. The van der Waals surface area contributed by atoms with E-state index in [1.165, 1.54) is 12.8 Å². The molecule has 0 aliphatic carbocycles. The molecule has 1 heterocycles. The van der Waals surface area contributed by atoms with Gasteiger partial charge in [0.25, 0.3) is 0 Å². The summed E-state index contributed by atoms with van der Waals surface area (Å²) in [4.78, 5) is 14.0. The van der Waals surface area contributed by atoms with Crippen molar-refractivity contribution < 1.29 is 4.79 Å². The van der Waals surface area contributed by atoms with E-state index in [4.69, 9.17) is 0 Å². The van der Waals surface area contributed by atoms with Crippen molar-refractivity contribution in [2.45, 2.75) is 51.6 Å². The summed E-state index contributed by atoms with van der Waals surface area (Å²) in [6.07, 6.45) is 4.08. The van der Waals surface area contributed by atoms with Crippen LogP contribution in [0.2, 0.25) is 0 Å². The summed E-state index contributed by atoms with van der Waals surface area (Å²) < 4.78 is 0. The Morgan fingerprint density at radius 1 is 1.50 bits per heavy atom. The first-order chi connectivity index (χ1) is 6.70. The predicted octanol–water partition coefficient (Wildman–Crippen LogP) is 1.39. The lowest BCUT2D eigenvalue weighted by Crippen LogP contribution is -2.40. The summed E-state index contributed by atoms with van der Waals surface area (Å²) in [5.74, 6) is 0.316. The molecule has 2 atom stereocenters. The first-order valence-corrected chi connectivity index (χ1v) is 5.66. The van der Waals surface area contributed by atoms with E-state index in [-0.39, 0.29) is 0 Å². The minimum absolute atomic E-state index is 0.316. The zero-order chi connectivity index (χ0) is 10.6. The molecular weight excluding hydrogens is 176 g/mol. The van der Waals surface area contributed by atoms with Gasteiger partial charge in [-0.2, -0.15) is 0 Å². The van der Waals surface area contributed by atoms with Gasteiger partial charge in [0.15, 0.2) is 0 Å². The molecule has 0 aromatic heterocycles. The molecule has 0 radical (unpaired) electrons. The van der Waals surface area contributed by atoms with Crippen LogP contribution in [0.5, 0.6) is 0 Å². The summed E-state index contributed by atoms with van der Waals surface area (Å²) in [6.45, 7) is 5.12. The molecule has 3 heteroatoms. The van der Waals surface area contributed by atoms with Gasteiger partial charge in [-0.1, -0.05) is 6.92 Å². The van der Waals surface area contributed by atoms with Gasteiger partial charge >= 0.3 is 0 Å². The van der Waals surface area contributed by atoms with Crippen LogP contribution < -0.4 is 5.32 Å². The van der Waals surface area contributed by atoms with Crippen LogP contribution in [-0.2, 0) is 4.79 Å². The predicted molar refractivity (Wildman–Crippen MR) is 58.2 cm³/mol. The molecule has 3 nitrogen and oxygen atoms in total. The van der Waals surface area contributed by atoms with E-state index in [0.717, 1.165) is 13.0 Å². The molecule has 1 amide bonds. The largest absolute Gasteiger partial charge is 0.337 e. The number of nitrogens with zero attached hydrogens (tertiary/aromatic N) is 1. The van der Waals surface area contributed by atoms with Crippen molar-refractivity contribution in [2.75, 3.05) is 13.6 Å². The maximum absolute atomic E-state index is 11.9. The molecule has 1 fully saturated rings. The van der Waals surface area contributed by atoms with Crippen molar-refractivity contribution in [3.63, 3.8) is 0 Å². The van der Waals surface area contributed by atoms with E-state index in [2.05, 4.69) is 24.1 Å². The number of carbonyl (C=O) groups excluding carboxylic acids is 1. The van der Waals surface area contributed by atoms with E-state index >= 15 is 0 Å². The number of hydrogen-bond acceptors (Lipinski definition) is 2. The molecule has 0 saturated carbocycles. The fourth-order valence-corrected chi connectivity index (χ4v) is 2.28. The van der Waals surface area contributed by atoms with Gasteiger partial charge in [0.2, 0.25) is 5.91 Å². The summed E-state index contributed by atoms with van der Waals surface area (Å²) in [5, 5.41) is 3.02. The zero-order valence-electron chi connectivity index (χ0n) is 9.55. The lowest BCUT2D eigenvalue weighted by atomic mass is 10.1. The average molecular weight is 198 g/mol. The zero-order valence-corrected chi connectivity index (χ0v) is 9.55. The number of nitrogens with one attached hydrogen (secondary N) is 1. The second-order valence-corrected chi connectivity index (χ2v) is 4.14. The van der Waals surface area contributed by atoms with E-state index in [1.807, 2.05) is 7.05 Å². The Kier molecular flexibility index (Phi) is 4.39. The third-order valence-electron chi connectivity index (χ3n) is 3.13. The van der Waals surface area contributed by atoms with Crippen LogP contribution in [0.1, 0.15) is 39.5 Å². The van der Waals surface area contributed by atoms with Crippen molar-refractivity contribution in [1.29, 1.82) is 0 Å². The number of rotatable bonds is 4. The molecule has 0 aromatic rings. The Morgan fingerprint density at radius 3 is 2.79 bits per heavy atom. The fourth-order valence-electron chi connectivity index (χ4n) is 2.28. The highest BCUT2D eigenvalue weighted by Gasteiger charge is 2.32. The Balaban J connectivity index is 2.50. The number of carbonyl (C=O) groups is 1. The van der Waals surface area contributed by atoms with Crippen LogP contribution in [0.25, 0.3) is 0 Å². The summed E-state index contributed by atoms with van der Waals surface area (Å²) in [6, 6.07) is 0.943. The smallest absolute Gasteiger partial charge is 0.224 e. The van der Waals surface area contributed by atoms with Crippen molar-refractivity contribution in [2.24, 2.45) is 0 Å². The highest BCUT2D eigenvalue weighted by molar-refractivity contribution is 5.77. The molecule has 2 unspecified atom stereocenters. The van der Waals surface area contributed by atoms with Crippen molar-refractivity contribution in [3.8, 4) is 0 Å². The van der Waals surface area contributed by atoms with Crippen molar-refractivity contribution in [1.82, 2.24) is 10.2 Å². The summed E-state index contributed by atoms with van der Waals surface area (Å²) in [5.41, 5.74) is 0. The van der Waals surface area contributed by atoms with Gasteiger partial charge in [-0.05, 0) is 33.2 Å². The minimum atomic E-state index is 0.316. The van der Waals surface area contributed by atoms with Crippen molar-refractivity contribution >= 4 is 5.91 Å². The maximum Gasteiger partial charge on any atom is 0.224 e. The van der Waals surface area contributed by atoms with Gasteiger partial charge < -0.3 is 10.2 Å². The minimum Gasteiger partial charge on any atom is -0.337 e. The Morgan fingerprint density at radius 2 is 2.21 bits per heavy atom. The average Bonchev–Trinajstić information content (AvgIpc) is 2.56. The Labute approximate surface area is 86.9 Å². The number of hydrogen-bond donors (Lipinski definition) is 1. The van der Waals surface area contributed by atoms with E-state index in [9.17, 15) is 4.79 Å². The quantitative estimate of drug-likeness (QED) is 0.740. The van der Waals surface area contributed by atoms with E-state index < -0.39 is 0 Å². The first kappa shape index (κ1) is 11.5. The van der Waals surface area contributed by atoms with Crippen LogP contribution in [0.3, 0.4) is 0 Å². The lowest BCUT2D eigenvalue weighted by molar-refractivity contribution is -0.133. The topological polar surface area (TPSA) is 32.3 Å². The molecule has 1 N–H and O–H groups in total. The van der Waals surface area contributed by atoms with E-state index in [0.29, 0.717) is 24.4 Å². The maximum atomic E-state index is 11.9. The van der Waals surface area contributed by atoms with Gasteiger partial charge in [-0.15, -0.1) is 0 Å². The van der Waals surface area contributed by atoms with Gasteiger partial charge in [0.1, 0.15) is 0 Å². The molecule has 0 aromatic carbocycles. The van der Waals surface area contributed by atoms with Crippen LogP contribution in [-0.4, -0.2) is 36.5 Å². The fraction of sp³-hybridized carbons (Fsp3) is 0.909. The molecule has 1 rings (SSSR count). The third-order valence-corrected chi connectivity index (χ3v) is 3.13. The molecule has 1 aliphatic heterocycles. The standard InChI is InChI=1S/C11H22N2O/c1-4-10-6-5-9(2)13(10)11(14)7-8-12-3/h9-10,12H,4-8H2,1-3H3. The Hall–Kier alpha value is -0.570. The summed E-state index contributed by atoms with van der Waals surface area (Å²) >= 11 is 0. The van der Waals surface area contributed by atoms with Crippen LogP contribution in [0, 0.1) is 0 Å². The van der Waals surface area contributed by atoms with Gasteiger partial charge in [0, 0.05) is 25.0 Å². The lowest BCUT2D eigenvalue weighted by Gasteiger charge is -2.28. The molecular formula is C11H22N2O. The van der Waals surface area contributed by atoms with Gasteiger partial charge in [-0.3, -0.25) is 4.79 Å². The highest BCUT2D eigenvalue weighted by Crippen LogP contribution is 2.26. The molecule has 1 aliphatic rings. The number of likely N-dealkylation sites (tertiary alicyclic amines) is 1. The van der Waals surface area contributed by atoms with E-state index in [1.54, 1.807) is 0 Å². The Bertz CT molecular complexity index is 194.